The number of benzene rings is 1. The molecule has 1 atom stereocenters. The Balaban J connectivity index is 3.34. The van der Waals surface area contributed by atoms with Gasteiger partial charge in [-0.1, -0.05) is 23.7 Å². The lowest BCUT2D eigenvalue weighted by atomic mass is 10.1. The van der Waals surface area contributed by atoms with Gasteiger partial charge in [0.2, 0.25) is 0 Å². The van der Waals surface area contributed by atoms with Crippen LogP contribution in [0, 0.1) is 10.1 Å². The average Bonchev–Trinajstić information content (AvgIpc) is 2.02. The Labute approximate surface area is 80.5 Å². The molecule has 0 heterocycles. The summed E-state index contributed by atoms with van der Waals surface area (Å²) < 4.78 is 0. The van der Waals surface area contributed by atoms with Crippen LogP contribution in [0.2, 0.25) is 5.02 Å². The summed E-state index contributed by atoms with van der Waals surface area (Å²) in [4.78, 5) is 10.1. The minimum atomic E-state index is -0.513. The van der Waals surface area contributed by atoms with Gasteiger partial charge in [0.05, 0.1) is 4.92 Å². The maximum atomic E-state index is 10.6. The second-order valence-electron chi connectivity index (χ2n) is 2.72. The fraction of sp³-hybridized carbons (Fsp3) is 0.250. The smallest absolute Gasteiger partial charge is 0.292 e. The molecule has 0 bridgehead atoms. The second-order valence-corrected chi connectivity index (χ2v) is 3.13. The van der Waals surface area contributed by atoms with Gasteiger partial charge in [0.25, 0.3) is 5.69 Å². The fourth-order valence-corrected chi connectivity index (χ4v) is 1.34. The predicted molar refractivity (Wildman–Crippen MR) is 50.7 cm³/mol. The standard InChI is InChI=1S/C8H9ClN2O2/c1-5(10)6-3-2-4-7(9)8(6)11(12)13/h2-5H,10H2,1H3. The molecule has 1 rings (SSSR count). The summed E-state index contributed by atoms with van der Waals surface area (Å²) in [5.74, 6) is 0. The number of nitrogens with zero attached hydrogens (tertiary/aromatic N) is 1. The number of nitro benzene ring substituents is 1. The quantitative estimate of drug-likeness (QED) is 0.588. The van der Waals surface area contributed by atoms with Crippen molar-refractivity contribution in [2.45, 2.75) is 13.0 Å². The molecule has 1 aromatic rings. The van der Waals surface area contributed by atoms with Crippen molar-refractivity contribution in [3.63, 3.8) is 0 Å². The molecular weight excluding hydrogens is 192 g/mol. The molecule has 0 radical (unpaired) electrons. The first-order chi connectivity index (χ1) is 6.04. The van der Waals surface area contributed by atoms with E-state index in [1.165, 1.54) is 6.07 Å². The van der Waals surface area contributed by atoms with Gasteiger partial charge < -0.3 is 5.73 Å². The Hall–Kier alpha value is -1.13. The van der Waals surface area contributed by atoms with E-state index in [4.69, 9.17) is 17.3 Å². The van der Waals surface area contributed by atoms with Crippen molar-refractivity contribution in [1.29, 1.82) is 0 Å². The second kappa shape index (κ2) is 3.72. The van der Waals surface area contributed by atoms with Crippen LogP contribution in [0.5, 0.6) is 0 Å². The van der Waals surface area contributed by atoms with Gasteiger partial charge in [-0.2, -0.15) is 0 Å². The van der Waals surface area contributed by atoms with Crippen molar-refractivity contribution in [2.75, 3.05) is 0 Å². The SMILES string of the molecule is CC(N)c1cccc(Cl)c1[N+](=O)[O-]. The summed E-state index contributed by atoms with van der Waals surface area (Å²) in [7, 11) is 0. The number of rotatable bonds is 2. The lowest BCUT2D eigenvalue weighted by Crippen LogP contribution is -2.08. The molecule has 4 nitrogen and oxygen atoms in total. The number of nitrogens with two attached hydrogens (primary N) is 1. The zero-order valence-electron chi connectivity index (χ0n) is 7.03. The molecule has 0 fully saturated rings. The Morgan fingerprint density at radius 2 is 2.23 bits per heavy atom. The molecule has 5 heteroatoms. The van der Waals surface area contributed by atoms with Gasteiger partial charge in [-0.05, 0) is 13.0 Å². The van der Waals surface area contributed by atoms with Gasteiger partial charge in [0.15, 0.2) is 0 Å². The average molecular weight is 201 g/mol. The van der Waals surface area contributed by atoms with E-state index >= 15 is 0 Å². The molecular formula is C8H9ClN2O2. The normalized spacial score (nSPS) is 12.5. The van der Waals surface area contributed by atoms with Crippen LogP contribution in [0.1, 0.15) is 18.5 Å². The molecule has 2 N–H and O–H groups in total. The predicted octanol–water partition coefficient (Wildman–Crippen LogP) is 2.27. The van der Waals surface area contributed by atoms with Crippen molar-refractivity contribution in [3.05, 3.63) is 38.9 Å². The molecule has 0 spiro atoms. The molecule has 70 valence electrons. The van der Waals surface area contributed by atoms with Crippen LogP contribution in [0.3, 0.4) is 0 Å². The molecule has 1 unspecified atom stereocenters. The van der Waals surface area contributed by atoms with E-state index in [0.29, 0.717) is 5.56 Å². The summed E-state index contributed by atoms with van der Waals surface area (Å²) >= 11 is 5.67. The van der Waals surface area contributed by atoms with Gasteiger partial charge in [-0.15, -0.1) is 0 Å². The van der Waals surface area contributed by atoms with Crippen LogP contribution in [0.4, 0.5) is 5.69 Å². The summed E-state index contributed by atoms with van der Waals surface area (Å²) in [5.41, 5.74) is 5.92. The van der Waals surface area contributed by atoms with Gasteiger partial charge in [0, 0.05) is 11.6 Å². The van der Waals surface area contributed by atoms with Crippen LogP contribution >= 0.6 is 11.6 Å². The highest BCUT2D eigenvalue weighted by Gasteiger charge is 2.19. The maximum Gasteiger partial charge on any atom is 0.292 e. The van der Waals surface area contributed by atoms with Gasteiger partial charge in [-0.3, -0.25) is 10.1 Å². The van der Waals surface area contributed by atoms with E-state index in [0.717, 1.165) is 0 Å². The molecule has 13 heavy (non-hydrogen) atoms. The van der Waals surface area contributed by atoms with Crippen LogP contribution in [-0.2, 0) is 0 Å². The molecule has 0 aliphatic heterocycles. The van der Waals surface area contributed by atoms with E-state index < -0.39 is 4.92 Å². The summed E-state index contributed by atoms with van der Waals surface area (Å²) in [5, 5.41) is 10.7. The van der Waals surface area contributed by atoms with Crippen molar-refractivity contribution < 1.29 is 4.92 Å². The first kappa shape index (κ1) is 9.95. The number of nitro groups is 1. The van der Waals surface area contributed by atoms with Crippen LogP contribution in [-0.4, -0.2) is 4.92 Å². The molecule has 0 aliphatic rings. The minimum Gasteiger partial charge on any atom is -0.324 e. The highest BCUT2D eigenvalue weighted by Crippen LogP contribution is 2.30. The molecule has 0 aliphatic carbocycles. The lowest BCUT2D eigenvalue weighted by molar-refractivity contribution is -0.385. The van der Waals surface area contributed by atoms with Gasteiger partial charge in [-0.25, -0.2) is 0 Å². The third-order valence-electron chi connectivity index (χ3n) is 1.69. The zero-order chi connectivity index (χ0) is 10.0. The number of hydrogen-bond acceptors (Lipinski definition) is 3. The number of para-hydroxylation sites is 1. The Morgan fingerprint density at radius 1 is 1.62 bits per heavy atom. The van der Waals surface area contributed by atoms with Crippen molar-refractivity contribution in [2.24, 2.45) is 5.73 Å². The van der Waals surface area contributed by atoms with Gasteiger partial charge in [0.1, 0.15) is 5.02 Å². The molecule has 0 saturated carbocycles. The molecule has 0 saturated heterocycles. The first-order valence-corrected chi connectivity index (χ1v) is 4.10. The van der Waals surface area contributed by atoms with Crippen LogP contribution in [0.15, 0.2) is 18.2 Å². The zero-order valence-corrected chi connectivity index (χ0v) is 7.78. The lowest BCUT2D eigenvalue weighted by Gasteiger charge is -2.06. The fourth-order valence-electron chi connectivity index (χ4n) is 1.09. The highest BCUT2D eigenvalue weighted by atomic mass is 35.5. The van der Waals surface area contributed by atoms with E-state index in [-0.39, 0.29) is 16.8 Å². The number of halogens is 1. The topological polar surface area (TPSA) is 69.2 Å². The van der Waals surface area contributed by atoms with Crippen molar-refractivity contribution in [3.8, 4) is 0 Å². The van der Waals surface area contributed by atoms with E-state index in [9.17, 15) is 10.1 Å². The Kier molecular flexibility index (Phi) is 2.85. The van der Waals surface area contributed by atoms with Crippen LogP contribution in [0.25, 0.3) is 0 Å². The Morgan fingerprint density at radius 3 is 2.62 bits per heavy atom. The van der Waals surface area contributed by atoms with E-state index in [1.807, 2.05) is 0 Å². The largest absolute Gasteiger partial charge is 0.324 e. The van der Waals surface area contributed by atoms with Crippen LogP contribution < -0.4 is 5.73 Å². The summed E-state index contributed by atoms with van der Waals surface area (Å²) in [6, 6.07) is 4.34. The molecule has 1 aromatic carbocycles. The maximum absolute atomic E-state index is 10.6. The molecule has 0 aromatic heterocycles. The van der Waals surface area contributed by atoms with Gasteiger partial charge >= 0.3 is 0 Å². The first-order valence-electron chi connectivity index (χ1n) is 3.72. The monoisotopic (exact) mass is 200 g/mol. The minimum absolute atomic E-state index is 0.0980. The van der Waals surface area contributed by atoms with E-state index in [1.54, 1.807) is 19.1 Å². The summed E-state index contributed by atoms with van der Waals surface area (Å²) in [6.07, 6.45) is 0. The summed E-state index contributed by atoms with van der Waals surface area (Å²) in [6.45, 7) is 1.68. The third-order valence-corrected chi connectivity index (χ3v) is 2.00. The third kappa shape index (κ3) is 1.96. The molecule has 0 amide bonds. The van der Waals surface area contributed by atoms with Crippen molar-refractivity contribution >= 4 is 17.3 Å². The number of hydrogen-bond donors (Lipinski definition) is 1. The highest BCUT2D eigenvalue weighted by molar-refractivity contribution is 6.32. The van der Waals surface area contributed by atoms with Crippen molar-refractivity contribution in [1.82, 2.24) is 0 Å². The Bertz CT molecular complexity index is 339. The van der Waals surface area contributed by atoms with E-state index in [2.05, 4.69) is 0 Å².